The summed E-state index contributed by atoms with van der Waals surface area (Å²) in [4.78, 5) is 4.87. The fourth-order valence-electron chi connectivity index (χ4n) is 3.06. The molecular formula is C19H17N3. The van der Waals surface area contributed by atoms with E-state index in [1.54, 1.807) is 0 Å². The van der Waals surface area contributed by atoms with Gasteiger partial charge in [-0.2, -0.15) is 5.10 Å². The summed E-state index contributed by atoms with van der Waals surface area (Å²) < 4.78 is 1.97. The highest BCUT2D eigenvalue weighted by atomic mass is 15.2. The molecule has 0 N–H and O–H groups in total. The number of fused-ring (bicyclic) bond motifs is 2. The molecule has 0 saturated carbocycles. The Bertz CT molecular complexity index is 1010. The van der Waals surface area contributed by atoms with E-state index >= 15 is 0 Å². The Labute approximate surface area is 129 Å². The predicted octanol–water partition coefficient (Wildman–Crippen LogP) is 4.47. The molecule has 3 heteroatoms. The van der Waals surface area contributed by atoms with E-state index < -0.39 is 0 Å². The minimum Gasteiger partial charge on any atom is -0.252 e. The average molecular weight is 287 g/mol. The summed E-state index contributed by atoms with van der Waals surface area (Å²) >= 11 is 0. The second-order valence-electron chi connectivity index (χ2n) is 5.74. The lowest BCUT2D eigenvalue weighted by Crippen LogP contribution is -1.95. The minimum absolute atomic E-state index is 1.01. The molecule has 0 atom stereocenters. The fourth-order valence-corrected chi connectivity index (χ4v) is 3.06. The number of aromatic nitrogens is 3. The van der Waals surface area contributed by atoms with Crippen LogP contribution in [0.5, 0.6) is 0 Å². The number of pyridine rings is 2. The SMILES string of the molecule is Cc1nc(-c2cnn3c(C)cccc23)c2ccccc2c1C. The Balaban J connectivity index is 2.13. The third-order valence-electron chi connectivity index (χ3n) is 4.40. The number of hydrogen-bond donors (Lipinski definition) is 0. The molecule has 0 bridgehead atoms. The van der Waals surface area contributed by atoms with Crippen molar-refractivity contribution in [3.8, 4) is 11.3 Å². The van der Waals surface area contributed by atoms with Crippen molar-refractivity contribution < 1.29 is 0 Å². The molecule has 1 aromatic carbocycles. The standard InChI is InChI=1S/C19H17N3/c1-12-7-6-10-18-17(11-20-22(12)18)19-16-9-5-4-8-15(16)13(2)14(3)21-19/h4-11H,1-3H3. The Morgan fingerprint density at radius 1 is 0.864 bits per heavy atom. The van der Waals surface area contributed by atoms with Gasteiger partial charge in [0.25, 0.3) is 0 Å². The van der Waals surface area contributed by atoms with Gasteiger partial charge in [0.15, 0.2) is 0 Å². The van der Waals surface area contributed by atoms with Gasteiger partial charge in [0, 0.05) is 22.3 Å². The van der Waals surface area contributed by atoms with Gasteiger partial charge < -0.3 is 0 Å². The third-order valence-corrected chi connectivity index (χ3v) is 4.40. The van der Waals surface area contributed by atoms with Crippen LogP contribution in [-0.2, 0) is 0 Å². The highest BCUT2D eigenvalue weighted by Gasteiger charge is 2.14. The van der Waals surface area contributed by atoms with E-state index in [-0.39, 0.29) is 0 Å². The van der Waals surface area contributed by atoms with Crippen molar-refractivity contribution >= 4 is 16.3 Å². The fraction of sp³-hybridized carbons (Fsp3) is 0.158. The molecule has 3 nitrogen and oxygen atoms in total. The second-order valence-corrected chi connectivity index (χ2v) is 5.74. The maximum Gasteiger partial charge on any atom is 0.0821 e. The van der Waals surface area contributed by atoms with Gasteiger partial charge in [-0.05, 0) is 43.9 Å². The van der Waals surface area contributed by atoms with Gasteiger partial charge in [-0.15, -0.1) is 0 Å². The molecule has 0 aliphatic rings. The number of hydrogen-bond acceptors (Lipinski definition) is 2. The molecule has 0 spiro atoms. The van der Waals surface area contributed by atoms with Crippen molar-refractivity contribution in [2.75, 3.05) is 0 Å². The van der Waals surface area contributed by atoms with Gasteiger partial charge in [-0.1, -0.05) is 30.3 Å². The van der Waals surface area contributed by atoms with Crippen molar-refractivity contribution in [2.24, 2.45) is 0 Å². The second kappa shape index (κ2) is 4.67. The van der Waals surface area contributed by atoms with Crippen LogP contribution < -0.4 is 0 Å². The van der Waals surface area contributed by atoms with Gasteiger partial charge in [0.1, 0.15) is 0 Å². The van der Waals surface area contributed by atoms with E-state index in [9.17, 15) is 0 Å². The van der Waals surface area contributed by atoms with Gasteiger partial charge in [0.2, 0.25) is 0 Å². The van der Waals surface area contributed by atoms with E-state index in [4.69, 9.17) is 4.98 Å². The van der Waals surface area contributed by atoms with Gasteiger partial charge in [-0.3, -0.25) is 4.98 Å². The molecule has 0 aliphatic carbocycles. The topological polar surface area (TPSA) is 30.2 Å². The Kier molecular flexibility index (Phi) is 2.76. The summed E-state index contributed by atoms with van der Waals surface area (Å²) in [7, 11) is 0. The van der Waals surface area contributed by atoms with Crippen LogP contribution in [0, 0.1) is 20.8 Å². The first kappa shape index (κ1) is 13.0. The summed E-state index contributed by atoms with van der Waals surface area (Å²) in [5, 5.41) is 6.97. The van der Waals surface area contributed by atoms with Crippen LogP contribution in [0.2, 0.25) is 0 Å². The summed E-state index contributed by atoms with van der Waals surface area (Å²) in [5.41, 5.74) is 6.63. The van der Waals surface area contributed by atoms with Crippen LogP contribution in [0.1, 0.15) is 17.0 Å². The summed E-state index contributed by atoms with van der Waals surface area (Å²) in [6.07, 6.45) is 1.92. The van der Waals surface area contributed by atoms with Crippen molar-refractivity contribution in [1.82, 2.24) is 14.6 Å². The van der Waals surface area contributed by atoms with Crippen LogP contribution in [0.15, 0.2) is 48.7 Å². The quantitative estimate of drug-likeness (QED) is 0.517. The van der Waals surface area contributed by atoms with E-state index in [2.05, 4.69) is 68.3 Å². The highest BCUT2D eigenvalue weighted by molar-refractivity contribution is 5.99. The van der Waals surface area contributed by atoms with Gasteiger partial charge in [-0.25, -0.2) is 4.52 Å². The molecule has 4 rings (SSSR count). The van der Waals surface area contributed by atoms with Crippen LogP contribution in [0.3, 0.4) is 0 Å². The van der Waals surface area contributed by atoms with Crippen molar-refractivity contribution in [3.63, 3.8) is 0 Å². The zero-order chi connectivity index (χ0) is 15.3. The molecule has 3 aromatic heterocycles. The number of nitrogens with zero attached hydrogens (tertiary/aromatic N) is 3. The molecule has 3 heterocycles. The number of aryl methyl sites for hydroxylation is 3. The molecule has 0 saturated heterocycles. The van der Waals surface area contributed by atoms with Crippen LogP contribution in [-0.4, -0.2) is 14.6 Å². The lowest BCUT2D eigenvalue weighted by atomic mass is 10.00. The van der Waals surface area contributed by atoms with E-state index in [0.29, 0.717) is 0 Å². The Hall–Kier alpha value is -2.68. The molecule has 0 aliphatic heterocycles. The summed E-state index contributed by atoms with van der Waals surface area (Å²) in [6.45, 7) is 6.27. The molecule has 0 unspecified atom stereocenters. The maximum absolute atomic E-state index is 4.87. The molecular weight excluding hydrogens is 270 g/mol. The first-order valence-corrected chi connectivity index (χ1v) is 7.46. The lowest BCUT2D eigenvalue weighted by molar-refractivity contribution is 0.915. The maximum atomic E-state index is 4.87. The average Bonchev–Trinajstić information content (AvgIpc) is 2.96. The molecule has 4 aromatic rings. The Morgan fingerprint density at radius 3 is 2.45 bits per heavy atom. The first-order valence-electron chi connectivity index (χ1n) is 7.46. The minimum atomic E-state index is 1.01. The van der Waals surface area contributed by atoms with Crippen molar-refractivity contribution in [1.29, 1.82) is 0 Å². The Morgan fingerprint density at radius 2 is 1.64 bits per heavy atom. The smallest absolute Gasteiger partial charge is 0.0821 e. The van der Waals surface area contributed by atoms with Crippen LogP contribution >= 0.6 is 0 Å². The van der Waals surface area contributed by atoms with Crippen LogP contribution in [0.4, 0.5) is 0 Å². The third kappa shape index (κ3) is 1.75. The van der Waals surface area contributed by atoms with E-state index in [1.807, 2.05) is 10.7 Å². The molecule has 0 amide bonds. The zero-order valence-electron chi connectivity index (χ0n) is 13.0. The predicted molar refractivity (Wildman–Crippen MR) is 90.1 cm³/mol. The largest absolute Gasteiger partial charge is 0.252 e. The first-order chi connectivity index (χ1) is 10.7. The van der Waals surface area contributed by atoms with Crippen LogP contribution in [0.25, 0.3) is 27.5 Å². The zero-order valence-corrected chi connectivity index (χ0v) is 13.0. The van der Waals surface area contributed by atoms with Gasteiger partial charge >= 0.3 is 0 Å². The molecule has 108 valence electrons. The normalized spacial score (nSPS) is 11.4. The van der Waals surface area contributed by atoms with Gasteiger partial charge in [0.05, 0.1) is 17.4 Å². The number of benzene rings is 1. The van der Waals surface area contributed by atoms with E-state index in [1.165, 1.54) is 16.3 Å². The highest BCUT2D eigenvalue weighted by Crippen LogP contribution is 2.32. The molecule has 0 fully saturated rings. The monoisotopic (exact) mass is 287 g/mol. The van der Waals surface area contributed by atoms with Crippen molar-refractivity contribution in [3.05, 3.63) is 65.6 Å². The molecule has 0 radical (unpaired) electrons. The molecule has 22 heavy (non-hydrogen) atoms. The number of rotatable bonds is 1. The summed E-state index contributed by atoms with van der Waals surface area (Å²) in [5.74, 6) is 0. The van der Waals surface area contributed by atoms with Crippen molar-refractivity contribution in [2.45, 2.75) is 20.8 Å². The van der Waals surface area contributed by atoms with E-state index in [0.717, 1.165) is 28.2 Å². The summed E-state index contributed by atoms with van der Waals surface area (Å²) in [6, 6.07) is 14.7. The lowest BCUT2D eigenvalue weighted by Gasteiger charge is -2.10.